The van der Waals surface area contributed by atoms with Gasteiger partial charge in [-0.3, -0.25) is 10.1 Å². The number of nitrogens with zero attached hydrogens (tertiary/aromatic N) is 2. The van der Waals surface area contributed by atoms with Crippen LogP contribution in [0.15, 0.2) is 12.3 Å². The molecule has 0 saturated carbocycles. The maximum absolute atomic E-state index is 11.0. The summed E-state index contributed by atoms with van der Waals surface area (Å²) in [5, 5.41) is 11.0. The van der Waals surface area contributed by atoms with Gasteiger partial charge < -0.3 is 0 Å². The average Bonchev–Trinajstić information content (AvgIpc) is 2.46. The van der Waals surface area contributed by atoms with E-state index in [1.807, 2.05) is 11.6 Å². The van der Waals surface area contributed by atoms with Crippen LogP contribution in [0.5, 0.6) is 0 Å². The summed E-state index contributed by atoms with van der Waals surface area (Å²) in [6, 6.07) is 1.79. The maximum Gasteiger partial charge on any atom is 0.332 e. The van der Waals surface area contributed by atoms with Crippen molar-refractivity contribution >= 4 is 5.69 Å². The van der Waals surface area contributed by atoms with Crippen molar-refractivity contribution < 1.29 is 38.4 Å². The molecule has 0 bridgehead atoms. The number of hydrogen-bond donors (Lipinski definition) is 0. The van der Waals surface area contributed by atoms with Gasteiger partial charge in [0.05, 0.1) is 4.92 Å². The van der Waals surface area contributed by atoms with Gasteiger partial charge in [-0.1, -0.05) is 38.5 Å². The lowest BCUT2D eigenvalue weighted by Gasteiger charge is -2.17. The van der Waals surface area contributed by atoms with Crippen LogP contribution in [0.25, 0.3) is 0 Å². The molecule has 0 radical (unpaired) electrons. The normalized spacial score (nSPS) is 16.5. The molecule has 8 nitrogen and oxygen atoms in total. The van der Waals surface area contributed by atoms with E-state index in [2.05, 4.69) is 0 Å². The molecule has 1 aromatic heterocycles. The zero-order valence-corrected chi connectivity index (χ0v) is 15.2. The highest BCUT2D eigenvalue weighted by molar-refractivity contribution is 5.31. The molecule has 0 aromatic carbocycles. The molecule has 0 aliphatic heterocycles. The molecule has 0 N–H and O–H groups in total. The molecule has 0 fully saturated rings. The molecule has 1 aromatic rings. The van der Waals surface area contributed by atoms with Crippen LogP contribution in [-0.4, -0.2) is 4.92 Å². The van der Waals surface area contributed by atoms with Gasteiger partial charge in [-0.05, 0) is 19.3 Å². The Hall–Kier alpha value is -1.32. The molecular weight excluding hydrogens is 352 g/mol. The summed E-state index contributed by atoms with van der Waals surface area (Å²) >= 11 is 0. The summed E-state index contributed by atoms with van der Waals surface area (Å²) in [5.41, 5.74) is 2.69. The minimum Gasteiger partial charge on any atom is -0.258 e. The van der Waals surface area contributed by atoms with Crippen molar-refractivity contribution in [3.05, 3.63) is 33.6 Å². The van der Waals surface area contributed by atoms with Crippen molar-refractivity contribution in [3.63, 3.8) is 0 Å². The maximum atomic E-state index is 11.0. The van der Waals surface area contributed by atoms with Gasteiger partial charge in [0, 0.05) is 18.1 Å². The zero-order chi connectivity index (χ0) is 18.9. The number of aryl methyl sites for hydroxylation is 2. The third-order valence-electron chi connectivity index (χ3n) is 4.26. The lowest BCUT2D eigenvalue weighted by atomic mass is 9.98. The Morgan fingerprint density at radius 3 is 1.84 bits per heavy atom. The van der Waals surface area contributed by atoms with E-state index < -0.39 is 10.2 Å². The summed E-state index contributed by atoms with van der Waals surface area (Å²) < 4.78 is 35.9. The number of pyridine rings is 1. The first kappa shape index (κ1) is 21.7. The lowest BCUT2D eigenvalue weighted by molar-refractivity contribution is -2.00. The number of nitro groups is 1. The molecule has 0 amide bonds. The van der Waals surface area contributed by atoms with Crippen LogP contribution < -0.4 is 23.2 Å². The van der Waals surface area contributed by atoms with E-state index in [9.17, 15) is 10.1 Å². The molecule has 0 spiro atoms. The third kappa shape index (κ3) is 9.66. The quantitative estimate of drug-likeness (QED) is 0.345. The van der Waals surface area contributed by atoms with Crippen LogP contribution in [0, 0.1) is 20.4 Å². The summed E-state index contributed by atoms with van der Waals surface area (Å²) in [6.07, 6.45) is 13.9. The Morgan fingerprint density at radius 2 is 1.36 bits per heavy atom. The van der Waals surface area contributed by atoms with Gasteiger partial charge in [-0.2, -0.15) is 4.57 Å². The summed E-state index contributed by atoms with van der Waals surface area (Å²) in [6.45, 7) is 0. The minimum absolute atomic E-state index is 0.221. The van der Waals surface area contributed by atoms with E-state index in [0.29, 0.717) is 0 Å². The van der Waals surface area contributed by atoms with Crippen LogP contribution >= 0.6 is 0 Å². The molecule has 0 saturated heterocycles. The van der Waals surface area contributed by atoms with E-state index in [-0.39, 0.29) is 10.6 Å². The Labute approximate surface area is 149 Å². The van der Waals surface area contributed by atoms with E-state index in [0.717, 1.165) is 19.3 Å². The van der Waals surface area contributed by atoms with Crippen LogP contribution in [0.4, 0.5) is 5.69 Å². The van der Waals surface area contributed by atoms with Crippen molar-refractivity contribution in [1.82, 2.24) is 0 Å². The number of rotatable bonds is 1. The first-order valence-corrected chi connectivity index (χ1v) is 9.69. The molecule has 25 heavy (non-hydrogen) atoms. The number of halogens is 1. The number of fused-ring (bicyclic) bond motifs is 1. The highest BCUT2D eigenvalue weighted by Crippen LogP contribution is 2.20. The Morgan fingerprint density at radius 1 is 0.920 bits per heavy atom. The fraction of sp³-hybridized carbons (Fsp3) is 0.688. The van der Waals surface area contributed by atoms with Crippen molar-refractivity contribution in [1.29, 1.82) is 0 Å². The van der Waals surface area contributed by atoms with Gasteiger partial charge in [0.2, 0.25) is 6.20 Å². The molecule has 142 valence electrons. The molecule has 0 unspecified atom stereocenters. The van der Waals surface area contributed by atoms with Crippen molar-refractivity contribution in [2.24, 2.45) is 7.05 Å². The van der Waals surface area contributed by atoms with Gasteiger partial charge >= 0.3 is 5.69 Å². The fourth-order valence-electron chi connectivity index (χ4n) is 3.12. The molecule has 9 heteroatoms. The van der Waals surface area contributed by atoms with E-state index in [4.69, 9.17) is 18.6 Å². The monoisotopic (exact) mass is 376 g/mol. The van der Waals surface area contributed by atoms with Crippen LogP contribution in [0.2, 0.25) is 0 Å². The molecule has 1 aliphatic rings. The predicted octanol–water partition coefficient (Wildman–Crippen LogP) is -1.12. The molecule has 1 aliphatic carbocycles. The first-order valence-electron chi connectivity index (χ1n) is 8.46. The lowest BCUT2D eigenvalue weighted by Crippen LogP contribution is -2.68. The minimum atomic E-state index is -4.94. The topological polar surface area (TPSA) is 139 Å². The van der Waals surface area contributed by atoms with Gasteiger partial charge in [0.1, 0.15) is 7.05 Å². The van der Waals surface area contributed by atoms with Gasteiger partial charge in [0.15, 0.2) is 5.69 Å². The standard InChI is InChI=1S/C16H25N2O2.ClHO4/c1-17-13-15(18(19)20)12-14-10-8-6-4-2-3-5-7-9-11-16(14)17;2-1(3,4)5/h12-13H,2-11H2,1H3;(H,2,3,4,5)/q+1;/p-1. The van der Waals surface area contributed by atoms with Gasteiger partial charge in [-0.25, -0.2) is 18.6 Å². The highest BCUT2D eigenvalue weighted by atomic mass is 35.7. The van der Waals surface area contributed by atoms with Crippen molar-refractivity contribution in [2.45, 2.75) is 64.2 Å². The van der Waals surface area contributed by atoms with E-state index in [1.165, 1.54) is 56.2 Å². The van der Waals surface area contributed by atoms with Crippen LogP contribution in [0.1, 0.15) is 62.6 Å². The van der Waals surface area contributed by atoms with Crippen molar-refractivity contribution in [2.75, 3.05) is 0 Å². The van der Waals surface area contributed by atoms with Crippen LogP contribution in [-0.2, 0) is 19.9 Å². The second-order valence-corrected chi connectivity index (χ2v) is 7.00. The average molecular weight is 377 g/mol. The second kappa shape index (κ2) is 10.6. The van der Waals surface area contributed by atoms with Gasteiger partial charge in [0.25, 0.3) is 0 Å². The van der Waals surface area contributed by atoms with Crippen molar-refractivity contribution in [3.8, 4) is 0 Å². The van der Waals surface area contributed by atoms with E-state index in [1.54, 1.807) is 12.3 Å². The highest BCUT2D eigenvalue weighted by Gasteiger charge is 2.20. The molecule has 1 heterocycles. The fourth-order valence-corrected chi connectivity index (χ4v) is 3.12. The Kier molecular flexibility index (Phi) is 9.23. The predicted molar refractivity (Wildman–Crippen MR) is 78.6 cm³/mol. The third-order valence-corrected chi connectivity index (χ3v) is 4.26. The molecule has 0 atom stereocenters. The summed E-state index contributed by atoms with van der Waals surface area (Å²) in [4.78, 5) is 10.7. The van der Waals surface area contributed by atoms with E-state index >= 15 is 0 Å². The van der Waals surface area contributed by atoms with Crippen LogP contribution in [0.3, 0.4) is 0 Å². The first-order chi connectivity index (χ1) is 11.7. The molecular formula is C16H25ClN2O6. The molecule has 2 rings (SSSR count). The Bertz CT molecular complexity index is 556. The largest absolute Gasteiger partial charge is 0.332 e. The van der Waals surface area contributed by atoms with Gasteiger partial charge in [-0.15, -0.1) is 10.2 Å². The number of aromatic nitrogens is 1. The smallest absolute Gasteiger partial charge is 0.258 e. The second-order valence-electron chi connectivity index (χ2n) is 6.24. The SMILES string of the molecule is C[n+]1cc([N+](=O)[O-])cc2c1CCCCCCCCCC2.[O-][Cl+3]([O-])([O-])[O-]. The Balaban J connectivity index is 0.000000550. The zero-order valence-electron chi connectivity index (χ0n) is 14.4. The number of hydrogen-bond acceptors (Lipinski definition) is 6. The summed E-state index contributed by atoms with van der Waals surface area (Å²) in [7, 11) is -3.00. The summed E-state index contributed by atoms with van der Waals surface area (Å²) in [5.74, 6) is 0.